The molecule has 1 aromatic heterocycles. The Morgan fingerprint density at radius 1 is 1.00 bits per heavy atom. The summed E-state index contributed by atoms with van der Waals surface area (Å²) < 4.78 is 34.9. The summed E-state index contributed by atoms with van der Waals surface area (Å²) in [6, 6.07) is 10.5. The van der Waals surface area contributed by atoms with Crippen molar-refractivity contribution in [2.24, 2.45) is 0 Å². The van der Waals surface area contributed by atoms with Gasteiger partial charge in [-0.05, 0) is 67.5 Å². The fraction of sp³-hybridized carbons (Fsp3) is 0.393. The third-order valence-corrected chi connectivity index (χ3v) is 7.88. The predicted octanol–water partition coefficient (Wildman–Crippen LogP) is 5.47. The molecular formula is C28H29ClF2N6O2. The lowest BCUT2D eigenvalue weighted by molar-refractivity contribution is -0.118. The van der Waals surface area contributed by atoms with E-state index in [0.717, 1.165) is 36.7 Å². The number of benzene rings is 2. The smallest absolute Gasteiger partial charge is 0.244 e. The molecule has 1 saturated heterocycles. The fourth-order valence-corrected chi connectivity index (χ4v) is 5.52. The van der Waals surface area contributed by atoms with Crippen molar-refractivity contribution in [2.75, 3.05) is 53.3 Å². The van der Waals surface area contributed by atoms with E-state index in [1.165, 1.54) is 6.07 Å². The van der Waals surface area contributed by atoms with E-state index in [0.29, 0.717) is 49.9 Å². The molecule has 3 aliphatic rings. The number of fused-ring (bicyclic) bond motifs is 2. The minimum Gasteiger partial charge on any atom is -0.378 e. The van der Waals surface area contributed by atoms with Gasteiger partial charge in [0.1, 0.15) is 11.2 Å². The highest BCUT2D eigenvalue weighted by atomic mass is 35.5. The molecule has 6 rings (SSSR count). The molecule has 2 aromatic carbocycles. The second kappa shape index (κ2) is 10.2. The molecule has 1 spiro atoms. The quantitative estimate of drug-likeness (QED) is 0.391. The van der Waals surface area contributed by atoms with Crippen molar-refractivity contribution in [3.63, 3.8) is 0 Å². The van der Waals surface area contributed by atoms with Crippen LogP contribution < -0.4 is 20.4 Å². The zero-order valence-electron chi connectivity index (χ0n) is 21.5. The molecule has 2 N–H and O–H groups in total. The molecule has 1 saturated carbocycles. The highest BCUT2D eigenvalue weighted by molar-refractivity contribution is 6.32. The van der Waals surface area contributed by atoms with Crippen LogP contribution in [0.2, 0.25) is 0 Å². The van der Waals surface area contributed by atoms with Crippen molar-refractivity contribution in [3.8, 4) is 0 Å². The van der Waals surface area contributed by atoms with E-state index in [2.05, 4.69) is 20.6 Å². The third-order valence-electron chi connectivity index (χ3n) is 7.70. The summed E-state index contributed by atoms with van der Waals surface area (Å²) in [5.74, 6) is -1.11. The molecule has 2 aliphatic heterocycles. The van der Waals surface area contributed by atoms with Crippen molar-refractivity contribution in [2.45, 2.75) is 37.0 Å². The van der Waals surface area contributed by atoms with Gasteiger partial charge in [0, 0.05) is 36.7 Å². The normalized spacial score (nSPS) is 18.5. The Labute approximate surface area is 230 Å². The van der Waals surface area contributed by atoms with Gasteiger partial charge in [0.2, 0.25) is 11.9 Å². The molecule has 39 heavy (non-hydrogen) atoms. The van der Waals surface area contributed by atoms with Gasteiger partial charge in [-0.1, -0.05) is 6.07 Å². The Balaban J connectivity index is 1.23. The van der Waals surface area contributed by atoms with Crippen LogP contribution in [0.5, 0.6) is 0 Å². The van der Waals surface area contributed by atoms with E-state index >= 15 is 0 Å². The van der Waals surface area contributed by atoms with Crippen LogP contribution in [0.15, 0.2) is 42.6 Å². The van der Waals surface area contributed by atoms with E-state index in [1.807, 2.05) is 23.1 Å². The number of aromatic nitrogens is 2. The minimum atomic E-state index is -0.650. The topological polar surface area (TPSA) is 82.6 Å². The minimum absolute atomic E-state index is 0.0432. The lowest BCUT2D eigenvalue weighted by atomic mass is 9.86. The maximum atomic E-state index is 14.8. The first kappa shape index (κ1) is 25.8. The predicted molar refractivity (Wildman–Crippen MR) is 148 cm³/mol. The fourth-order valence-electron chi connectivity index (χ4n) is 5.40. The first-order chi connectivity index (χ1) is 18.8. The van der Waals surface area contributed by atoms with Gasteiger partial charge in [-0.3, -0.25) is 4.79 Å². The summed E-state index contributed by atoms with van der Waals surface area (Å²) in [6.45, 7) is 4.64. The number of nitrogens with one attached hydrogen (secondary N) is 2. The molecule has 3 aromatic rings. The summed E-state index contributed by atoms with van der Waals surface area (Å²) >= 11 is 6.14. The number of anilines is 6. The SMILES string of the molecule is CC(Cl)C(=O)N1CCC2(CC2)c2ccc(Nc3nc(Nc4ccc(N5CCOCC5)c(F)c4)ncc3F)cc21. The second-order valence-electron chi connectivity index (χ2n) is 10.3. The van der Waals surface area contributed by atoms with Crippen LogP contribution in [-0.2, 0) is 14.9 Å². The summed E-state index contributed by atoms with van der Waals surface area (Å²) in [4.78, 5) is 24.8. The van der Waals surface area contributed by atoms with Crippen LogP contribution in [0.25, 0.3) is 0 Å². The Hall–Kier alpha value is -3.50. The number of ether oxygens (including phenoxy) is 1. The van der Waals surface area contributed by atoms with Gasteiger partial charge in [0.25, 0.3) is 0 Å². The number of carbonyl (C=O) groups is 1. The number of hydrogen-bond donors (Lipinski definition) is 2. The number of hydrogen-bond acceptors (Lipinski definition) is 7. The summed E-state index contributed by atoms with van der Waals surface area (Å²) in [7, 11) is 0. The van der Waals surface area contributed by atoms with Gasteiger partial charge in [-0.15, -0.1) is 11.6 Å². The average Bonchev–Trinajstić information content (AvgIpc) is 3.71. The zero-order valence-corrected chi connectivity index (χ0v) is 22.3. The van der Waals surface area contributed by atoms with Gasteiger partial charge in [0.05, 0.1) is 25.1 Å². The lowest BCUT2D eigenvalue weighted by Gasteiger charge is -2.35. The number of halogens is 3. The van der Waals surface area contributed by atoms with Gasteiger partial charge in [-0.2, -0.15) is 4.98 Å². The van der Waals surface area contributed by atoms with E-state index in [1.54, 1.807) is 24.0 Å². The molecule has 8 nitrogen and oxygen atoms in total. The highest BCUT2D eigenvalue weighted by Crippen LogP contribution is 2.56. The van der Waals surface area contributed by atoms with Gasteiger partial charge in [0.15, 0.2) is 11.6 Å². The molecule has 0 bridgehead atoms. The second-order valence-corrected chi connectivity index (χ2v) is 10.9. The number of carbonyl (C=O) groups excluding carboxylic acids is 1. The summed E-state index contributed by atoms with van der Waals surface area (Å²) in [5, 5.41) is 5.32. The average molecular weight is 555 g/mol. The molecule has 1 aliphatic carbocycles. The largest absolute Gasteiger partial charge is 0.378 e. The molecule has 204 valence electrons. The Morgan fingerprint density at radius 2 is 1.74 bits per heavy atom. The zero-order chi connectivity index (χ0) is 27.1. The van der Waals surface area contributed by atoms with Gasteiger partial charge >= 0.3 is 0 Å². The number of rotatable bonds is 6. The number of amides is 1. The number of morpholine rings is 1. The van der Waals surface area contributed by atoms with Crippen molar-refractivity contribution in [1.29, 1.82) is 0 Å². The van der Waals surface area contributed by atoms with E-state index in [-0.39, 0.29) is 28.9 Å². The van der Waals surface area contributed by atoms with Crippen molar-refractivity contribution >= 4 is 52.0 Å². The van der Waals surface area contributed by atoms with E-state index in [4.69, 9.17) is 16.3 Å². The lowest BCUT2D eigenvalue weighted by Crippen LogP contribution is -2.41. The number of alkyl halides is 1. The molecule has 1 amide bonds. The van der Waals surface area contributed by atoms with Crippen LogP contribution >= 0.6 is 11.6 Å². The monoisotopic (exact) mass is 554 g/mol. The molecule has 11 heteroatoms. The van der Waals surface area contributed by atoms with E-state index in [9.17, 15) is 13.6 Å². The van der Waals surface area contributed by atoms with Crippen LogP contribution in [0.1, 0.15) is 31.7 Å². The van der Waals surface area contributed by atoms with Crippen molar-refractivity contribution < 1.29 is 18.3 Å². The Kier molecular flexibility index (Phi) is 6.76. The van der Waals surface area contributed by atoms with Crippen molar-refractivity contribution in [3.05, 3.63) is 59.8 Å². The molecule has 0 radical (unpaired) electrons. The summed E-state index contributed by atoms with van der Waals surface area (Å²) in [5.41, 5.74) is 3.56. The van der Waals surface area contributed by atoms with Gasteiger partial charge < -0.3 is 25.2 Å². The maximum Gasteiger partial charge on any atom is 0.244 e. The van der Waals surface area contributed by atoms with Crippen molar-refractivity contribution in [1.82, 2.24) is 9.97 Å². The van der Waals surface area contributed by atoms with Crippen LogP contribution in [0.4, 0.5) is 43.3 Å². The Morgan fingerprint density at radius 3 is 2.46 bits per heavy atom. The van der Waals surface area contributed by atoms with Crippen LogP contribution in [-0.4, -0.2) is 54.1 Å². The highest BCUT2D eigenvalue weighted by Gasteiger charge is 2.49. The van der Waals surface area contributed by atoms with Crippen LogP contribution in [0.3, 0.4) is 0 Å². The third kappa shape index (κ3) is 5.10. The first-order valence-electron chi connectivity index (χ1n) is 13.1. The molecule has 3 heterocycles. The molecule has 1 unspecified atom stereocenters. The first-order valence-corrected chi connectivity index (χ1v) is 13.6. The van der Waals surface area contributed by atoms with Gasteiger partial charge in [-0.25, -0.2) is 13.8 Å². The van der Waals surface area contributed by atoms with E-state index < -0.39 is 11.2 Å². The molecule has 2 fully saturated rings. The molecule has 1 atom stereocenters. The summed E-state index contributed by atoms with van der Waals surface area (Å²) in [6.07, 6.45) is 4.15. The van der Waals surface area contributed by atoms with Crippen LogP contribution in [0, 0.1) is 11.6 Å². The maximum absolute atomic E-state index is 14.8. The standard InChI is InChI=1S/C28H29ClF2N6O2/c1-17(29)26(38)37-9-8-28(6-7-28)20-4-2-19(15-24(20)37)33-25-22(31)16-32-27(35-25)34-18-3-5-23(21(30)14-18)36-10-12-39-13-11-36/h2-5,14-17H,6-13H2,1H3,(H2,32,33,34,35). The molecular weight excluding hydrogens is 526 g/mol. The Bertz CT molecular complexity index is 1410. The number of nitrogens with zero attached hydrogens (tertiary/aromatic N) is 4.